The van der Waals surface area contributed by atoms with Gasteiger partial charge in [0.05, 0.1) is 11.9 Å². The van der Waals surface area contributed by atoms with E-state index in [4.69, 9.17) is 0 Å². The normalized spacial score (nSPS) is 26.0. The first kappa shape index (κ1) is 14.9. The molecule has 0 heterocycles. The van der Waals surface area contributed by atoms with E-state index < -0.39 is 9.84 Å². The Morgan fingerprint density at radius 3 is 2.71 bits per heavy atom. The number of rotatable bonds is 7. The standard InChI is InChI=1S/C12H25NO3S/c1-2-7-17(15,16)8-6-13-10-11-4-3-5-12(14)9-11/h11-14H,2-10H2,1H3. The average molecular weight is 263 g/mol. The molecule has 0 aromatic carbocycles. The van der Waals surface area contributed by atoms with Gasteiger partial charge in [0.1, 0.15) is 0 Å². The van der Waals surface area contributed by atoms with Crippen molar-refractivity contribution in [2.75, 3.05) is 24.6 Å². The number of sulfone groups is 1. The van der Waals surface area contributed by atoms with E-state index >= 15 is 0 Å². The van der Waals surface area contributed by atoms with Crippen molar-refractivity contribution < 1.29 is 13.5 Å². The Morgan fingerprint density at radius 1 is 1.29 bits per heavy atom. The molecule has 0 amide bonds. The van der Waals surface area contributed by atoms with E-state index in [1.165, 1.54) is 0 Å². The summed E-state index contributed by atoms with van der Waals surface area (Å²) in [7, 11) is -2.86. The Labute approximate surface area is 105 Å². The van der Waals surface area contributed by atoms with Crippen LogP contribution in [0.2, 0.25) is 0 Å². The number of aliphatic hydroxyl groups is 1. The Kier molecular flexibility index (Phi) is 6.44. The molecule has 0 spiro atoms. The van der Waals surface area contributed by atoms with Crippen LogP contribution in [0, 0.1) is 5.92 Å². The zero-order chi connectivity index (χ0) is 12.7. The molecule has 0 saturated heterocycles. The maximum Gasteiger partial charge on any atom is 0.151 e. The van der Waals surface area contributed by atoms with Crippen molar-refractivity contribution in [1.29, 1.82) is 0 Å². The van der Waals surface area contributed by atoms with E-state index in [0.29, 0.717) is 18.9 Å². The van der Waals surface area contributed by atoms with Gasteiger partial charge in [-0.1, -0.05) is 13.3 Å². The van der Waals surface area contributed by atoms with Crippen LogP contribution in [0.3, 0.4) is 0 Å². The SMILES string of the molecule is CCCS(=O)(=O)CCNCC1CCCC(O)C1. The van der Waals surface area contributed by atoms with Gasteiger partial charge >= 0.3 is 0 Å². The van der Waals surface area contributed by atoms with Crippen molar-refractivity contribution in [1.82, 2.24) is 5.32 Å². The highest BCUT2D eigenvalue weighted by Gasteiger charge is 2.19. The molecule has 2 N–H and O–H groups in total. The Bertz CT molecular complexity index is 303. The molecular weight excluding hydrogens is 238 g/mol. The zero-order valence-corrected chi connectivity index (χ0v) is 11.5. The molecule has 102 valence electrons. The second-order valence-electron chi connectivity index (χ2n) is 5.04. The molecule has 5 heteroatoms. The van der Waals surface area contributed by atoms with Gasteiger partial charge in [0.15, 0.2) is 9.84 Å². The number of hydrogen-bond donors (Lipinski definition) is 2. The summed E-state index contributed by atoms with van der Waals surface area (Å²) in [5, 5.41) is 12.7. The van der Waals surface area contributed by atoms with Crippen LogP contribution in [0.15, 0.2) is 0 Å². The summed E-state index contributed by atoms with van der Waals surface area (Å²) in [6, 6.07) is 0. The lowest BCUT2D eigenvalue weighted by Crippen LogP contribution is -2.32. The minimum Gasteiger partial charge on any atom is -0.393 e. The van der Waals surface area contributed by atoms with Crippen molar-refractivity contribution in [2.45, 2.75) is 45.1 Å². The molecule has 0 bridgehead atoms. The predicted molar refractivity (Wildman–Crippen MR) is 69.8 cm³/mol. The molecule has 2 unspecified atom stereocenters. The van der Waals surface area contributed by atoms with Gasteiger partial charge in [-0.25, -0.2) is 8.42 Å². The topological polar surface area (TPSA) is 66.4 Å². The highest BCUT2D eigenvalue weighted by molar-refractivity contribution is 7.91. The van der Waals surface area contributed by atoms with Gasteiger partial charge in [-0.2, -0.15) is 0 Å². The van der Waals surface area contributed by atoms with E-state index in [2.05, 4.69) is 5.32 Å². The van der Waals surface area contributed by atoms with Crippen LogP contribution in [-0.4, -0.2) is 44.2 Å². The maximum atomic E-state index is 11.5. The summed E-state index contributed by atoms with van der Waals surface area (Å²) in [4.78, 5) is 0. The van der Waals surface area contributed by atoms with E-state index in [1.54, 1.807) is 0 Å². The number of nitrogens with one attached hydrogen (secondary N) is 1. The summed E-state index contributed by atoms with van der Waals surface area (Å²) in [6.45, 7) is 3.25. The second kappa shape index (κ2) is 7.34. The fourth-order valence-corrected chi connectivity index (χ4v) is 3.68. The molecule has 17 heavy (non-hydrogen) atoms. The van der Waals surface area contributed by atoms with Gasteiger partial charge in [0, 0.05) is 12.3 Å². The molecule has 0 aliphatic heterocycles. The van der Waals surface area contributed by atoms with Gasteiger partial charge in [0.2, 0.25) is 0 Å². The summed E-state index contributed by atoms with van der Waals surface area (Å²) in [5.41, 5.74) is 0. The maximum absolute atomic E-state index is 11.5. The smallest absolute Gasteiger partial charge is 0.151 e. The summed E-state index contributed by atoms with van der Waals surface area (Å²) >= 11 is 0. The van der Waals surface area contributed by atoms with Gasteiger partial charge in [-0.15, -0.1) is 0 Å². The van der Waals surface area contributed by atoms with Crippen LogP contribution in [0.1, 0.15) is 39.0 Å². The van der Waals surface area contributed by atoms with E-state index in [9.17, 15) is 13.5 Å². The van der Waals surface area contributed by atoms with Crippen molar-refractivity contribution in [2.24, 2.45) is 5.92 Å². The fourth-order valence-electron chi connectivity index (χ4n) is 2.39. The van der Waals surface area contributed by atoms with Crippen molar-refractivity contribution in [3.63, 3.8) is 0 Å². The van der Waals surface area contributed by atoms with Crippen LogP contribution in [0.5, 0.6) is 0 Å². The molecule has 2 atom stereocenters. The molecule has 4 nitrogen and oxygen atoms in total. The predicted octanol–water partition coefficient (Wildman–Crippen LogP) is 0.952. The molecule has 1 rings (SSSR count). The van der Waals surface area contributed by atoms with Crippen molar-refractivity contribution in [3.05, 3.63) is 0 Å². The van der Waals surface area contributed by atoms with Gasteiger partial charge in [0.25, 0.3) is 0 Å². The largest absolute Gasteiger partial charge is 0.393 e. The highest BCUT2D eigenvalue weighted by atomic mass is 32.2. The molecule has 1 saturated carbocycles. The lowest BCUT2D eigenvalue weighted by Gasteiger charge is -2.25. The van der Waals surface area contributed by atoms with Gasteiger partial charge < -0.3 is 10.4 Å². The van der Waals surface area contributed by atoms with Crippen LogP contribution in [0.25, 0.3) is 0 Å². The monoisotopic (exact) mass is 263 g/mol. The number of aliphatic hydroxyl groups excluding tert-OH is 1. The minimum absolute atomic E-state index is 0.153. The van der Waals surface area contributed by atoms with Crippen molar-refractivity contribution in [3.8, 4) is 0 Å². The van der Waals surface area contributed by atoms with E-state index in [-0.39, 0.29) is 17.6 Å². The first-order valence-corrected chi connectivity index (χ1v) is 8.45. The quantitative estimate of drug-likeness (QED) is 0.671. The van der Waals surface area contributed by atoms with E-state index in [0.717, 1.165) is 32.2 Å². The third-order valence-electron chi connectivity index (χ3n) is 3.29. The van der Waals surface area contributed by atoms with Crippen LogP contribution >= 0.6 is 0 Å². The van der Waals surface area contributed by atoms with Gasteiger partial charge in [-0.05, 0) is 38.1 Å². The Hall–Kier alpha value is -0.130. The molecule has 1 aliphatic rings. The zero-order valence-electron chi connectivity index (χ0n) is 10.7. The summed E-state index contributed by atoms with van der Waals surface area (Å²) in [5.74, 6) is 1.03. The highest BCUT2D eigenvalue weighted by Crippen LogP contribution is 2.23. The second-order valence-corrected chi connectivity index (χ2v) is 7.35. The lowest BCUT2D eigenvalue weighted by molar-refractivity contribution is 0.101. The molecule has 0 radical (unpaired) electrons. The summed E-state index contributed by atoms with van der Waals surface area (Å²) in [6.07, 6.45) is 4.54. The fraction of sp³-hybridized carbons (Fsp3) is 1.00. The average Bonchev–Trinajstić information content (AvgIpc) is 2.24. The minimum atomic E-state index is -2.86. The molecular formula is C12H25NO3S. The van der Waals surface area contributed by atoms with Gasteiger partial charge in [-0.3, -0.25) is 0 Å². The summed E-state index contributed by atoms with van der Waals surface area (Å²) < 4.78 is 22.9. The number of hydrogen-bond acceptors (Lipinski definition) is 4. The Balaban J connectivity index is 2.11. The van der Waals surface area contributed by atoms with Crippen molar-refractivity contribution >= 4 is 9.84 Å². The first-order chi connectivity index (χ1) is 8.03. The van der Waals surface area contributed by atoms with E-state index in [1.807, 2.05) is 6.92 Å². The molecule has 1 aliphatic carbocycles. The molecule has 1 fully saturated rings. The third kappa shape index (κ3) is 6.38. The third-order valence-corrected chi connectivity index (χ3v) is 5.15. The molecule has 0 aromatic heterocycles. The van der Waals surface area contributed by atoms with Crippen LogP contribution < -0.4 is 5.32 Å². The Morgan fingerprint density at radius 2 is 2.06 bits per heavy atom. The lowest BCUT2D eigenvalue weighted by atomic mass is 9.87. The first-order valence-electron chi connectivity index (χ1n) is 6.62. The van der Waals surface area contributed by atoms with Crippen LogP contribution in [0.4, 0.5) is 0 Å². The van der Waals surface area contributed by atoms with Crippen LogP contribution in [-0.2, 0) is 9.84 Å². The molecule has 0 aromatic rings.